The quantitative estimate of drug-likeness (QED) is 0.825. The monoisotopic (exact) mass is 292 g/mol. The molecular weight excluding hydrogens is 276 g/mol. The van der Waals surface area contributed by atoms with E-state index in [0.717, 1.165) is 10.2 Å². The zero-order valence-corrected chi connectivity index (χ0v) is 11.1. The minimum Gasteiger partial charge on any atom is -0.387 e. The number of hydrogen-bond donors (Lipinski definition) is 1. The van der Waals surface area contributed by atoms with Crippen LogP contribution in [0.4, 0.5) is 0 Å². The van der Waals surface area contributed by atoms with Crippen LogP contribution in [0.2, 0.25) is 0 Å². The highest BCUT2D eigenvalue weighted by Gasteiger charge is 2.17. The minimum atomic E-state index is -0.575. The lowest BCUT2D eigenvalue weighted by molar-refractivity contribution is 0.101. The number of aliphatic hydroxyl groups is 1. The fourth-order valence-electron chi connectivity index (χ4n) is 1.43. The van der Waals surface area contributed by atoms with Gasteiger partial charge in [0.15, 0.2) is 0 Å². The van der Waals surface area contributed by atoms with Crippen molar-refractivity contribution in [3.05, 3.63) is 16.4 Å². The van der Waals surface area contributed by atoms with Crippen molar-refractivity contribution in [3.8, 4) is 0 Å². The topological polar surface area (TPSA) is 56.5 Å². The number of nitrogens with zero attached hydrogens (tertiary/aromatic N) is 2. The summed E-state index contributed by atoms with van der Waals surface area (Å²) in [7, 11) is 3.25. The first-order chi connectivity index (χ1) is 7.70. The molecule has 92 valence electrons. The van der Waals surface area contributed by atoms with E-state index in [4.69, 9.17) is 9.47 Å². The molecule has 1 aromatic rings. The molecule has 5 nitrogen and oxygen atoms in total. The molecule has 0 bridgehead atoms. The maximum absolute atomic E-state index is 9.99. The SMILES string of the molecule is COCCC(O)c1c(Br)cnn1CCOC. The molecule has 1 atom stereocenters. The maximum Gasteiger partial charge on any atom is 0.0990 e. The van der Waals surface area contributed by atoms with Gasteiger partial charge in [0, 0.05) is 27.2 Å². The molecule has 0 saturated heterocycles. The number of rotatable bonds is 7. The van der Waals surface area contributed by atoms with Crippen LogP contribution in [0.5, 0.6) is 0 Å². The fraction of sp³-hybridized carbons (Fsp3) is 0.700. The Balaban J connectivity index is 2.71. The van der Waals surface area contributed by atoms with Crippen molar-refractivity contribution < 1.29 is 14.6 Å². The summed E-state index contributed by atoms with van der Waals surface area (Å²) in [6.45, 7) is 1.71. The lowest BCUT2D eigenvalue weighted by Gasteiger charge is -2.13. The Morgan fingerprint density at radius 3 is 2.75 bits per heavy atom. The van der Waals surface area contributed by atoms with Crippen molar-refractivity contribution >= 4 is 15.9 Å². The average molecular weight is 293 g/mol. The van der Waals surface area contributed by atoms with Crippen LogP contribution in [-0.2, 0) is 16.0 Å². The average Bonchev–Trinajstić information content (AvgIpc) is 2.64. The molecule has 1 rings (SSSR count). The molecule has 0 saturated carbocycles. The standard InChI is InChI=1S/C10H17BrN2O3/c1-15-5-3-9(14)10-8(11)7-12-13(10)4-6-16-2/h7,9,14H,3-6H2,1-2H3. The Hall–Kier alpha value is -0.430. The van der Waals surface area contributed by atoms with Gasteiger partial charge in [-0.2, -0.15) is 5.10 Å². The summed E-state index contributed by atoms with van der Waals surface area (Å²) in [6.07, 6.45) is 1.66. The number of hydrogen-bond acceptors (Lipinski definition) is 4. The lowest BCUT2D eigenvalue weighted by atomic mass is 10.2. The first kappa shape index (κ1) is 13.6. The van der Waals surface area contributed by atoms with E-state index in [9.17, 15) is 5.11 Å². The van der Waals surface area contributed by atoms with Gasteiger partial charge < -0.3 is 14.6 Å². The molecule has 6 heteroatoms. The Kier molecular flexibility index (Phi) is 5.97. The van der Waals surface area contributed by atoms with Crippen LogP contribution in [0.25, 0.3) is 0 Å². The third-order valence-electron chi connectivity index (χ3n) is 2.25. The first-order valence-electron chi connectivity index (χ1n) is 5.07. The van der Waals surface area contributed by atoms with E-state index in [1.165, 1.54) is 0 Å². The van der Waals surface area contributed by atoms with Crippen LogP contribution in [-0.4, -0.2) is 42.3 Å². The largest absolute Gasteiger partial charge is 0.387 e. The second kappa shape index (κ2) is 7.01. The van der Waals surface area contributed by atoms with E-state index in [1.807, 2.05) is 0 Å². The summed E-state index contributed by atoms with van der Waals surface area (Å²) in [5, 5.41) is 14.2. The first-order valence-corrected chi connectivity index (χ1v) is 5.87. The van der Waals surface area contributed by atoms with Crippen molar-refractivity contribution in [3.63, 3.8) is 0 Å². The Labute approximate surface area is 103 Å². The minimum absolute atomic E-state index is 0.517. The van der Waals surface area contributed by atoms with Gasteiger partial charge in [0.25, 0.3) is 0 Å². The Morgan fingerprint density at radius 1 is 1.44 bits per heavy atom. The number of halogens is 1. The molecular formula is C10H17BrN2O3. The van der Waals surface area contributed by atoms with E-state index >= 15 is 0 Å². The van der Waals surface area contributed by atoms with Crippen LogP contribution in [0.1, 0.15) is 18.2 Å². The summed E-state index contributed by atoms with van der Waals surface area (Å²) < 4.78 is 12.5. The molecule has 0 spiro atoms. The predicted octanol–water partition coefficient (Wildman–Crippen LogP) is 1.36. The molecule has 1 aromatic heterocycles. The van der Waals surface area contributed by atoms with Crippen molar-refractivity contribution in [2.24, 2.45) is 0 Å². The highest BCUT2D eigenvalue weighted by atomic mass is 79.9. The van der Waals surface area contributed by atoms with Crippen LogP contribution >= 0.6 is 15.9 Å². The predicted molar refractivity (Wildman–Crippen MR) is 63.3 cm³/mol. The van der Waals surface area contributed by atoms with Gasteiger partial charge in [-0.25, -0.2) is 0 Å². The molecule has 1 N–H and O–H groups in total. The molecule has 1 heterocycles. The van der Waals surface area contributed by atoms with Crippen molar-refractivity contribution in [1.29, 1.82) is 0 Å². The molecule has 1 unspecified atom stereocenters. The molecule has 0 aromatic carbocycles. The van der Waals surface area contributed by atoms with Crippen molar-refractivity contribution in [1.82, 2.24) is 9.78 Å². The maximum atomic E-state index is 9.99. The smallest absolute Gasteiger partial charge is 0.0990 e. The Morgan fingerprint density at radius 2 is 2.12 bits per heavy atom. The molecule has 0 aliphatic carbocycles. The van der Waals surface area contributed by atoms with E-state index in [1.54, 1.807) is 25.1 Å². The van der Waals surface area contributed by atoms with Crippen LogP contribution in [0.15, 0.2) is 10.7 Å². The highest BCUT2D eigenvalue weighted by Crippen LogP contribution is 2.25. The molecule has 0 fully saturated rings. The Bertz CT molecular complexity index is 317. The van der Waals surface area contributed by atoms with Gasteiger partial charge in [-0.15, -0.1) is 0 Å². The van der Waals surface area contributed by atoms with Gasteiger partial charge >= 0.3 is 0 Å². The lowest BCUT2D eigenvalue weighted by Crippen LogP contribution is -2.14. The number of aliphatic hydroxyl groups excluding tert-OH is 1. The van der Waals surface area contributed by atoms with Gasteiger partial charge in [0.2, 0.25) is 0 Å². The zero-order valence-electron chi connectivity index (χ0n) is 9.52. The second-order valence-corrected chi connectivity index (χ2v) is 4.25. The van der Waals surface area contributed by atoms with Gasteiger partial charge in [0.05, 0.1) is 35.6 Å². The van der Waals surface area contributed by atoms with E-state index in [-0.39, 0.29) is 0 Å². The zero-order chi connectivity index (χ0) is 12.0. The highest BCUT2D eigenvalue weighted by molar-refractivity contribution is 9.10. The fourth-order valence-corrected chi connectivity index (χ4v) is 1.99. The molecule has 0 amide bonds. The summed E-state index contributed by atoms with van der Waals surface area (Å²) in [5.41, 5.74) is 0.772. The molecule has 0 aliphatic heterocycles. The summed E-state index contributed by atoms with van der Waals surface area (Å²) in [5.74, 6) is 0. The van der Waals surface area contributed by atoms with Crippen LogP contribution in [0.3, 0.4) is 0 Å². The summed E-state index contributed by atoms with van der Waals surface area (Å²) >= 11 is 3.38. The third-order valence-corrected chi connectivity index (χ3v) is 2.86. The van der Waals surface area contributed by atoms with E-state index in [2.05, 4.69) is 21.0 Å². The third kappa shape index (κ3) is 3.55. The number of ether oxygens (including phenoxy) is 2. The summed E-state index contributed by atoms with van der Waals surface area (Å²) in [6, 6.07) is 0. The van der Waals surface area contributed by atoms with Gasteiger partial charge in [-0.3, -0.25) is 4.68 Å². The molecule has 16 heavy (non-hydrogen) atoms. The molecule has 0 aliphatic rings. The summed E-state index contributed by atoms with van der Waals surface area (Å²) in [4.78, 5) is 0. The number of methoxy groups -OCH3 is 2. The van der Waals surface area contributed by atoms with Crippen molar-refractivity contribution in [2.45, 2.75) is 19.1 Å². The van der Waals surface area contributed by atoms with Gasteiger partial charge in [0.1, 0.15) is 0 Å². The van der Waals surface area contributed by atoms with Crippen molar-refractivity contribution in [2.75, 3.05) is 27.4 Å². The van der Waals surface area contributed by atoms with E-state index < -0.39 is 6.10 Å². The molecule has 0 radical (unpaired) electrons. The van der Waals surface area contributed by atoms with Crippen LogP contribution in [0, 0.1) is 0 Å². The van der Waals surface area contributed by atoms with E-state index in [0.29, 0.717) is 26.2 Å². The second-order valence-electron chi connectivity index (χ2n) is 3.39. The normalized spacial score (nSPS) is 13.0. The van der Waals surface area contributed by atoms with Crippen LogP contribution < -0.4 is 0 Å². The van der Waals surface area contributed by atoms with Gasteiger partial charge in [-0.1, -0.05) is 0 Å². The number of aromatic nitrogens is 2. The van der Waals surface area contributed by atoms with Gasteiger partial charge in [-0.05, 0) is 15.9 Å².